The van der Waals surface area contributed by atoms with E-state index in [9.17, 15) is 4.79 Å². The molecule has 1 fully saturated rings. The number of halogens is 1. The Kier molecular flexibility index (Phi) is 4.84. The molecule has 1 aliphatic rings. The Hall–Kier alpha value is -0.350. The molecule has 0 aromatic carbocycles. The Morgan fingerprint density at radius 2 is 2.33 bits per heavy atom. The van der Waals surface area contributed by atoms with Crippen LogP contribution in [-0.2, 0) is 6.42 Å². The van der Waals surface area contributed by atoms with E-state index in [1.165, 1.54) is 11.3 Å². The summed E-state index contributed by atoms with van der Waals surface area (Å²) in [6.45, 7) is 5.24. The van der Waals surface area contributed by atoms with Crippen LogP contribution < -0.4 is 0 Å². The summed E-state index contributed by atoms with van der Waals surface area (Å²) in [5.74, 6) is 0.218. The lowest BCUT2D eigenvalue weighted by Crippen LogP contribution is -2.41. The van der Waals surface area contributed by atoms with E-state index in [4.69, 9.17) is 0 Å². The van der Waals surface area contributed by atoms with Gasteiger partial charge in [-0.25, -0.2) is 0 Å². The van der Waals surface area contributed by atoms with Gasteiger partial charge in [-0.05, 0) is 54.6 Å². The van der Waals surface area contributed by atoms with Crippen LogP contribution in [0.25, 0.3) is 0 Å². The van der Waals surface area contributed by atoms with Crippen molar-refractivity contribution in [2.45, 2.75) is 52.0 Å². The van der Waals surface area contributed by atoms with Gasteiger partial charge < -0.3 is 4.90 Å². The van der Waals surface area contributed by atoms with Gasteiger partial charge in [0.15, 0.2) is 0 Å². The smallest absolute Gasteiger partial charge is 0.264 e. The molecule has 0 radical (unpaired) electrons. The fraction of sp³-hybridized carbons (Fsp3) is 0.643. The molecular formula is C14H20BrNOS. The first-order chi connectivity index (χ1) is 8.63. The third-order valence-electron chi connectivity index (χ3n) is 3.51. The third-order valence-corrected chi connectivity index (χ3v) is 5.66. The normalized spacial score (nSPS) is 20.2. The van der Waals surface area contributed by atoms with Crippen molar-refractivity contribution in [1.29, 1.82) is 0 Å². The fourth-order valence-corrected chi connectivity index (χ4v) is 4.38. The van der Waals surface area contributed by atoms with Gasteiger partial charge in [0.25, 0.3) is 5.91 Å². The van der Waals surface area contributed by atoms with Crippen molar-refractivity contribution in [2.24, 2.45) is 0 Å². The Morgan fingerprint density at radius 1 is 1.56 bits per heavy atom. The maximum absolute atomic E-state index is 12.5. The molecule has 2 heterocycles. The number of aryl methyl sites for hydroxylation is 1. The third kappa shape index (κ3) is 2.97. The zero-order valence-electron chi connectivity index (χ0n) is 11.0. The molecule has 1 aromatic heterocycles. The zero-order chi connectivity index (χ0) is 13.1. The first-order valence-electron chi connectivity index (χ1n) is 6.72. The molecular weight excluding hydrogens is 310 g/mol. The van der Waals surface area contributed by atoms with Gasteiger partial charge in [0, 0.05) is 21.9 Å². The second-order valence-corrected chi connectivity index (χ2v) is 6.97. The average molecular weight is 330 g/mol. The second-order valence-electron chi connectivity index (χ2n) is 4.98. The molecule has 1 atom stereocenters. The molecule has 0 bridgehead atoms. The topological polar surface area (TPSA) is 20.3 Å². The van der Waals surface area contributed by atoms with Gasteiger partial charge in [-0.1, -0.05) is 13.3 Å². The molecule has 18 heavy (non-hydrogen) atoms. The maximum Gasteiger partial charge on any atom is 0.264 e. The summed E-state index contributed by atoms with van der Waals surface area (Å²) in [4.78, 5) is 16.7. The first kappa shape index (κ1) is 14.1. The lowest BCUT2D eigenvalue weighted by Gasteiger charge is -2.33. The van der Waals surface area contributed by atoms with Crippen LogP contribution in [0.15, 0.2) is 10.5 Å². The van der Waals surface area contributed by atoms with Crippen molar-refractivity contribution in [3.8, 4) is 0 Å². The van der Waals surface area contributed by atoms with Crippen molar-refractivity contribution in [2.75, 3.05) is 6.54 Å². The molecule has 1 aliphatic heterocycles. The molecule has 4 heteroatoms. The summed E-state index contributed by atoms with van der Waals surface area (Å²) >= 11 is 5.22. The predicted molar refractivity (Wildman–Crippen MR) is 80.4 cm³/mol. The SMILES string of the molecule is CCCc1sc(C(=O)N2CCCC[C@@H]2C)cc1Br. The van der Waals surface area contributed by atoms with E-state index >= 15 is 0 Å². The molecule has 1 amide bonds. The number of thiophene rings is 1. The van der Waals surface area contributed by atoms with Gasteiger partial charge in [0.1, 0.15) is 0 Å². The highest BCUT2D eigenvalue weighted by molar-refractivity contribution is 9.10. The number of carbonyl (C=O) groups excluding carboxylic acids is 1. The van der Waals surface area contributed by atoms with Gasteiger partial charge in [-0.3, -0.25) is 4.79 Å². The molecule has 0 N–H and O–H groups in total. The zero-order valence-corrected chi connectivity index (χ0v) is 13.4. The van der Waals surface area contributed by atoms with Gasteiger partial charge >= 0.3 is 0 Å². The van der Waals surface area contributed by atoms with Gasteiger partial charge in [0.05, 0.1) is 4.88 Å². The molecule has 1 saturated heterocycles. The molecule has 2 nitrogen and oxygen atoms in total. The second kappa shape index (κ2) is 6.20. The maximum atomic E-state index is 12.5. The number of nitrogens with zero attached hydrogens (tertiary/aromatic N) is 1. The molecule has 0 unspecified atom stereocenters. The Balaban J connectivity index is 2.15. The molecule has 0 aliphatic carbocycles. The number of carbonyl (C=O) groups is 1. The summed E-state index contributed by atoms with van der Waals surface area (Å²) in [6, 6.07) is 2.39. The monoisotopic (exact) mass is 329 g/mol. The van der Waals surface area contributed by atoms with Crippen molar-refractivity contribution in [3.63, 3.8) is 0 Å². The quantitative estimate of drug-likeness (QED) is 0.800. The van der Waals surface area contributed by atoms with Crippen LogP contribution in [0.3, 0.4) is 0 Å². The molecule has 100 valence electrons. The summed E-state index contributed by atoms with van der Waals surface area (Å²) in [7, 11) is 0. The predicted octanol–water partition coefficient (Wildman–Crippen LogP) is 4.48. The summed E-state index contributed by atoms with van der Waals surface area (Å²) < 4.78 is 1.10. The fourth-order valence-electron chi connectivity index (χ4n) is 2.45. The van der Waals surface area contributed by atoms with Crippen molar-refractivity contribution in [1.82, 2.24) is 4.90 Å². The van der Waals surface area contributed by atoms with Crippen molar-refractivity contribution >= 4 is 33.2 Å². The molecule has 1 aromatic rings. The van der Waals surface area contributed by atoms with Crippen molar-refractivity contribution in [3.05, 3.63) is 20.3 Å². The Morgan fingerprint density at radius 3 is 3.00 bits per heavy atom. The summed E-state index contributed by atoms with van der Waals surface area (Å²) in [5, 5.41) is 0. The lowest BCUT2D eigenvalue weighted by atomic mass is 10.0. The number of likely N-dealkylation sites (tertiary alicyclic amines) is 1. The highest BCUT2D eigenvalue weighted by atomic mass is 79.9. The number of piperidine rings is 1. The standard InChI is InChI=1S/C14H20BrNOS/c1-3-6-12-11(15)9-13(18-12)14(17)16-8-5-4-7-10(16)2/h9-10H,3-8H2,1-2H3/t10-/m0/s1. The van der Waals surface area contributed by atoms with Crippen LogP contribution >= 0.6 is 27.3 Å². The lowest BCUT2D eigenvalue weighted by molar-refractivity contribution is 0.0640. The molecule has 2 rings (SSSR count). The van der Waals surface area contributed by atoms with Crippen LogP contribution in [0.4, 0.5) is 0 Å². The van der Waals surface area contributed by atoms with Gasteiger partial charge in [-0.2, -0.15) is 0 Å². The number of hydrogen-bond acceptors (Lipinski definition) is 2. The van der Waals surface area contributed by atoms with Crippen LogP contribution in [0.2, 0.25) is 0 Å². The largest absolute Gasteiger partial charge is 0.335 e. The number of rotatable bonds is 3. The van der Waals surface area contributed by atoms with E-state index in [1.807, 2.05) is 11.0 Å². The van der Waals surface area contributed by atoms with E-state index in [1.54, 1.807) is 11.3 Å². The summed E-state index contributed by atoms with van der Waals surface area (Å²) in [5.41, 5.74) is 0. The van der Waals surface area contributed by atoms with E-state index in [0.717, 1.165) is 41.6 Å². The van der Waals surface area contributed by atoms with Gasteiger partial charge in [0.2, 0.25) is 0 Å². The van der Waals surface area contributed by atoms with Crippen LogP contribution in [0.5, 0.6) is 0 Å². The highest BCUT2D eigenvalue weighted by Crippen LogP contribution is 2.30. The van der Waals surface area contributed by atoms with Crippen LogP contribution in [-0.4, -0.2) is 23.4 Å². The Bertz CT molecular complexity index is 429. The number of hydrogen-bond donors (Lipinski definition) is 0. The van der Waals surface area contributed by atoms with E-state index in [-0.39, 0.29) is 5.91 Å². The Labute approximate surface area is 122 Å². The molecule has 0 saturated carbocycles. The highest BCUT2D eigenvalue weighted by Gasteiger charge is 2.25. The van der Waals surface area contributed by atoms with Crippen molar-refractivity contribution < 1.29 is 4.79 Å². The minimum absolute atomic E-state index is 0.218. The summed E-state index contributed by atoms with van der Waals surface area (Å²) in [6.07, 6.45) is 5.70. The van der Waals surface area contributed by atoms with Crippen LogP contribution in [0, 0.1) is 0 Å². The van der Waals surface area contributed by atoms with Gasteiger partial charge in [-0.15, -0.1) is 11.3 Å². The minimum atomic E-state index is 0.218. The number of amides is 1. The average Bonchev–Trinajstić information content (AvgIpc) is 2.71. The minimum Gasteiger partial charge on any atom is -0.335 e. The van der Waals surface area contributed by atoms with E-state index in [0.29, 0.717) is 6.04 Å². The first-order valence-corrected chi connectivity index (χ1v) is 8.33. The van der Waals surface area contributed by atoms with E-state index < -0.39 is 0 Å². The van der Waals surface area contributed by atoms with Crippen LogP contribution in [0.1, 0.15) is 54.1 Å². The van der Waals surface area contributed by atoms with E-state index in [2.05, 4.69) is 29.8 Å². The molecule has 0 spiro atoms.